The van der Waals surface area contributed by atoms with Crippen molar-refractivity contribution in [3.8, 4) is 0 Å². The molecule has 1 rings (SSSR count). The zero-order valence-corrected chi connectivity index (χ0v) is 11.5. The molecule has 0 atom stereocenters. The molecule has 0 amide bonds. The number of halogens is 1. The first-order valence-electron chi connectivity index (χ1n) is 5.40. The molecule has 0 radical (unpaired) electrons. The van der Waals surface area contributed by atoms with E-state index in [2.05, 4.69) is 55.0 Å². The Bertz CT molecular complexity index is 257. The van der Waals surface area contributed by atoms with Gasteiger partial charge < -0.3 is 21.9 Å². The third kappa shape index (κ3) is 5.17. The highest BCUT2D eigenvalue weighted by Gasteiger charge is 2.00. The first-order chi connectivity index (χ1) is 6.74. The van der Waals surface area contributed by atoms with Crippen LogP contribution in [0.25, 0.3) is 0 Å². The summed E-state index contributed by atoms with van der Waals surface area (Å²) in [4.78, 5) is 2.12. The molecule has 15 heavy (non-hydrogen) atoms. The second-order valence-electron chi connectivity index (χ2n) is 3.90. The van der Waals surface area contributed by atoms with E-state index >= 15 is 0 Å². The summed E-state index contributed by atoms with van der Waals surface area (Å²) in [6.07, 6.45) is 8.21. The van der Waals surface area contributed by atoms with Crippen LogP contribution in [0.2, 0.25) is 0 Å². The quantitative estimate of drug-likeness (QED) is 0.505. The molecular formula is C12H21BrN2. The van der Waals surface area contributed by atoms with E-state index in [1.807, 2.05) is 0 Å². The molecule has 0 unspecified atom stereocenters. The second-order valence-corrected chi connectivity index (χ2v) is 3.90. The van der Waals surface area contributed by atoms with Crippen molar-refractivity contribution in [3.05, 3.63) is 24.5 Å². The highest BCUT2D eigenvalue weighted by molar-refractivity contribution is 5.41. The van der Waals surface area contributed by atoms with Crippen LogP contribution in [0.5, 0.6) is 0 Å². The van der Waals surface area contributed by atoms with Gasteiger partial charge in [0.05, 0.1) is 0 Å². The Morgan fingerprint density at radius 1 is 1.13 bits per heavy atom. The minimum absolute atomic E-state index is 0. The number of pyridine rings is 1. The molecule has 0 aliphatic rings. The third-order valence-electron chi connectivity index (χ3n) is 2.41. The van der Waals surface area contributed by atoms with E-state index in [1.54, 1.807) is 0 Å². The van der Waals surface area contributed by atoms with Crippen LogP contribution in [0.4, 0.5) is 5.69 Å². The largest absolute Gasteiger partial charge is 1.00 e. The highest BCUT2D eigenvalue weighted by atomic mass is 79.9. The molecule has 0 spiro atoms. The molecule has 1 aromatic rings. The maximum Gasteiger partial charge on any atom is 0.170 e. The Labute approximate surface area is 104 Å². The number of hydrogen-bond donors (Lipinski definition) is 0. The van der Waals surface area contributed by atoms with Crippen LogP contribution >= 0.6 is 0 Å². The number of aromatic nitrogens is 1. The fourth-order valence-corrected chi connectivity index (χ4v) is 1.44. The Morgan fingerprint density at radius 2 is 1.73 bits per heavy atom. The van der Waals surface area contributed by atoms with Gasteiger partial charge in [0.2, 0.25) is 0 Å². The van der Waals surface area contributed by atoms with Crippen molar-refractivity contribution in [3.63, 3.8) is 0 Å². The lowest BCUT2D eigenvalue weighted by Gasteiger charge is -2.10. The van der Waals surface area contributed by atoms with E-state index in [0.717, 1.165) is 6.54 Å². The molecule has 0 bridgehead atoms. The van der Waals surface area contributed by atoms with Crippen molar-refractivity contribution in [1.29, 1.82) is 0 Å². The smallest absolute Gasteiger partial charge is 0.170 e. The topological polar surface area (TPSA) is 7.12 Å². The molecule has 1 heterocycles. The first kappa shape index (κ1) is 14.4. The van der Waals surface area contributed by atoms with E-state index in [4.69, 9.17) is 0 Å². The maximum atomic E-state index is 2.25. The number of nitrogens with zero attached hydrogens (tertiary/aromatic N) is 2. The predicted octanol–water partition coefficient (Wildman–Crippen LogP) is -0.766. The SMILES string of the molecule is CCCCC[n+]1ccc(N(C)C)cc1.[Br-]. The summed E-state index contributed by atoms with van der Waals surface area (Å²) < 4.78 is 2.25. The Kier molecular flexibility index (Phi) is 7.39. The molecule has 0 aliphatic heterocycles. The Balaban J connectivity index is 0.00000196. The molecule has 0 fully saturated rings. The Hall–Kier alpha value is -0.570. The molecule has 0 aliphatic carbocycles. The fraction of sp³-hybridized carbons (Fsp3) is 0.583. The molecule has 0 saturated carbocycles. The maximum absolute atomic E-state index is 2.25. The summed E-state index contributed by atoms with van der Waals surface area (Å²) >= 11 is 0. The summed E-state index contributed by atoms with van der Waals surface area (Å²) in [5.74, 6) is 0. The van der Waals surface area contributed by atoms with E-state index in [1.165, 1.54) is 24.9 Å². The van der Waals surface area contributed by atoms with Gasteiger partial charge in [-0.05, 0) is 6.42 Å². The lowest BCUT2D eigenvalue weighted by molar-refractivity contribution is -0.697. The third-order valence-corrected chi connectivity index (χ3v) is 2.41. The lowest BCUT2D eigenvalue weighted by atomic mass is 10.2. The van der Waals surface area contributed by atoms with Crippen LogP contribution < -0.4 is 26.4 Å². The van der Waals surface area contributed by atoms with Crippen molar-refractivity contribution in [1.82, 2.24) is 0 Å². The normalized spacial score (nSPS) is 9.53. The van der Waals surface area contributed by atoms with Crippen molar-refractivity contribution in [2.45, 2.75) is 32.7 Å². The van der Waals surface area contributed by atoms with E-state index in [-0.39, 0.29) is 17.0 Å². The summed E-state index contributed by atoms with van der Waals surface area (Å²) in [7, 11) is 4.13. The van der Waals surface area contributed by atoms with Gasteiger partial charge in [-0.15, -0.1) is 0 Å². The van der Waals surface area contributed by atoms with Gasteiger partial charge in [-0.25, -0.2) is 4.57 Å². The van der Waals surface area contributed by atoms with E-state index in [0.29, 0.717) is 0 Å². The van der Waals surface area contributed by atoms with Crippen molar-refractivity contribution >= 4 is 5.69 Å². The molecule has 86 valence electrons. The number of aryl methyl sites for hydroxylation is 1. The average molecular weight is 273 g/mol. The van der Waals surface area contributed by atoms with Crippen molar-refractivity contribution < 1.29 is 21.5 Å². The van der Waals surface area contributed by atoms with E-state index < -0.39 is 0 Å². The van der Waals surface area contributed by atoms with Crippen LogP contribution in [0.15, 0.2) is 24.5 Å². The van der Waals surface area contributed by atoms with Crippen LogP contribution in [0.1, 0.15) is 26.2 Å². The fourth-order valence-electron chi connectivity index (χ4n) is 1.44. The minimum Gasteiger partial charge on any atom is -1.00 e. The Morgan fingerprint density at radius 3 is 2.20 bits per heavy atom. The molecular weight excluding hydrogens is 252 g/mol. The van der Waals surface area contributed by atoms with Gasteiger partial charge in [0.25, 0.3) is 0 Å². The van der Waals surface area contributed by atoms with Gasteiger partial charge in [-0.3, -0.25) is 0 Å². The standard InChI is InChI=1S/C12H21N2.BrH/c1-4-5-6-9-14-10-7-12(8-11-14)13(2)3;/h7-8,10-11H,4-6,9H2,1-3H3;1H/q+1;/p-1. The van der Waals surface area contributed by atoms with Gasteiger partial charge >= 0.3 is 0 Å². The molecule has 3 heteroatoms. The second kappa shape index (κ2) is 7.69. The van der Waals surface area contributed by atoms with Crippen molar-refractivity contribution in [2.24, 2.45) is 0 Å². The summed E-state index contributed by atoms with van der Waals surface area (Å²) in [5.41, 5.74) is 1.26. The van der Waals surface area contributed by atoms with Crippen LogP contribution in [-0.4, -0.2) is 14.1 Å². The van der Waals surface area contributed by atoms with Gasteiger partial charge in [0.15, 0.2) is 12.4 Å². The number of rotatable bonds is 5. The summed E-state index contributed by atoms with van der Waals surface area (Å²) in [6, 6.07) is 4.32. The summed E-state index contributed by atoms with van der Waals surface area (Å²) in [6.45, 7) is 3.38. The average Bonchev–Trinajstić information content (AvgIpc) is 2.19. The van der Waals surface area contributed by atoms with Crippen LogP contribution in [-0.2, 0) is 6.54 Å². The number of hydrogen-bond acceptors (Lipinski definition) is 1. The van der Waals surface area contributed by atoms with Gasteiger partial charge in [0, 0.05) is 38.3 Å². The molecule has 0 N–H and O–H groups in total. The number of anilines is 1. The monoisotopic (exact) mass is 272 g/mol. The van der Waals surface area contributed by atoms with Gasteiger partial charge in [-0.2, -0.15) is 0 Å². The summed E-state index contributed by atoms with van der Waals surface area (Å²) in [5, 5.41) is 0. The zero-order chi connectivity index (χ0) is 10.4. The van der Waals surface area contributed by atoms with Gasteiger partial charge in [-0.1, -0.05) is 13.3 Å². The first-order valence-corrected chi connectivity index (χ1v) is 5.40. The van der Waals surface area contributed by atoms with Crippen LogP contribution in [0, 0.1) is 0 Å². The minimum atomic E-state index is 0. The number of unbranched alkanes of at least 4 members (excludes halogenated alkanes) is 2. The predicted molar refractivity (Wildman–Crippen MR) is 60.5 cm³/mol. The van der Waals surface area contributed by atoms with Crippen molar-refractivity contribution in [2.75, 3.05) is 19.0 Å². The lowest BCUT2D eigenvalue weighted by Crippen LogP contribution is -3.00. The molecule has 0 saturated heterocycles. The van der Waals surface area contributed by atoms with Crippen LogP contribution in [0.3, 0.4) is 0 Å². The molecule has 0 aromatic carbocycles. The van der Waals surface area contributed by atoms with E-state index in [9.17, 15) is 0 Å². The highest BCUT2D eigenvalue weighted by Crippen LogP contribution is 2.06. The molecule has 2 nitrogen and oxygen atoms in total. The van der Waals surface area contributed by atoms with Gasteiger partial charge in [0.1, 0.15) is 6.54 Å². The zero-order valence-electron chi connectivity index (χ0n) is 9.91. The molecule has 1 aromatic heterocycles.